The first-order valence-corrected chi connectivity index (χ1v) is 16.9. The van der Waals surface area contributed by atoms with Crippen molar-refractivity contribution in [3.63, 3.8) is 0 Å². The van der Waals surface area contributed by atoms with Crippen LogP contribution in [0.5, 0.6) is 23.0 Å². The first-order valence-electron chi connectivity index (χ1n) is 16.9. The SMILES string of the molecule is C=C(CCC(O)CC[C@H](C)OC)COc1ccc(C2CC(=O)c3c(O)cc(O)cc3O2)cc1C1CC(OCC(=O)O)C2OC(C)(C)OCC2O1. The number of phenolic OH excluding ortho intramolecular Hbond substituents is 2. The van der Waals surface area contributed by atoms with Gasteiger partial charge in [-0.2, -0.15) is 0 Å². The van der Waals surface area contributed by atoms with Gasteiger partial charge < -0.3 is 53.6 Å². The van der Waals surface area contributed by atoms with Gasteiger partial charge in [-0.25, -0.2) is 4.79 Å². The Labute approximate surface area is 291 Å². The third-order valence-corrected chi connectivity index (χ3v) is 9.26. The van der Waals surface area contributed by atoms with E-state index < -0.39 is 55.0 Å². The predicted octanol–water partition coefficient (Wildman–Crippen LogP) is 5.15. The highest BCUT2D eigenvalue weighted by Gasteiger charge is 2.48. The van der Waals surface area contributed by atoms with Crippen molar-refractivity contribution in [3.05, 3.63) is 59.2 Å². The van der Waals surface area contributed by atoms with Crippen LogP contribution in [0.25, 0.3) is 0 Å². The van der Waals surface area contributed by atoms with E-state index in [0.29, 0.717) is 36.1 Å². The molecule has 6 unspecified atom stereocenters. The summed E-state index contributed by atoms with van der Waals surface area (Å²) in [5.74, 6) is -2.44. The van der Waals surface area contributed by atoms with Gasteiger partial charge in [0, 0.05) is 31.2 Å². The van der Waals surface area contributed by atoms with Crippen molar-refractivity contribution in [2.75, 3.05) is 26.9 Å². The minimum atomic E-state index is -1.12. The smallest absolute Gasteiger partial charge is 0.329 e. The summed E-state index contributed by atoms with van der Waals surface area (Å²) in [6.07, 6.45) is -1.07. The molecule has 3 aliphatic rings. The number of aliphatic hydroxyl groups excluding tert-OH is 1. The molecule has 7 atom stereocenters. The Morgan fingerprint density at radius 3 is 2.62 bits per heavy atom. The minimum absolute atomic E-state index is 0.0105. The number of rotatable bonds is 15. The zero-order valence-corrected chi connectivity index (χ0v) is 29.0. The quantitative estimate of drug-likeness (QED) is 0.180. The Balaban J connectivity index is 1.39. The zero-order chi connectivity index (χ0) is 36.2. The molecule has 0 radical (unpaired) electrons. The normalized spacial score (nSPS) is 25.5. The number of ketones is 1. The molecule has 13 heteroatoms. The van der Waals surface area contributed by atoms with E-state index in [1.807, 2.05) is 13.0 Å². The Bertz CT molecular complexity index is 1540. The van der Waals surface area contributed by atoms with Gasteiger partial charge in [-0.3, -0.25) is 4.79 Å². The van der Waals surface area contributed by atoms with Gasteiger partial charge in [-0.15, -0.1) is 0 Å². The molecule has 3 heterocycles. The average Bonchev–Trinajstić information content (AvgIpc) is 3.06. The Morgan fingerprint density at radius 2 is 1.88 bits per heavy atom. The topological polar surface area (TPSA) is 180 Å². The number of carboxylic acids is 1. The molecule has 2 fully saturated rings. The lowest BCUT2D eigenvalue weighted by molar-refractivity contribution is -0.348. The van der Waals surface area contributed by atoms with E-state index in [2.05, 4.69) is 6.58 Å². The number of aliphatic hydroxyl groups is 1. The molecule has 0 aliphatic carbocycles. The first kappa shape index (κ1) is 37.5. The molecule has 274 valence electrons. The van der Waals surface area contributed by atoms with Crippen molar-refractivity contribution in [2.45, 2.75) is 108 Å². The summed E-state index contributed by atoms with van der Waals surface area (Å²) >= 11 is 0. The van der Waals surface area contributed by atoms with Crippen LogP contribution in [-0.2, 0) is 28.5 Å². The molecule has 13 nitrogen and oxygen atoms in total. The summed E-state index contributed by atoms with van der Waals surface area (Å²) in [7, 11) is 1.65. The van der Waals surface area contributed by atoms with Gasteiger partial charge in [-0.05, 0) is 69.7 Å². The van der Waals surface area contributed by atoms with Crippen LogP contribution in [0, 0.1) is 0 Å². The van der Waals surface area contributed by atoms with Crippen LogP contribution in [0.2, 0.25) is 0 Å². The number of ether oxygens (including phenoxy) is 7. The number of hydrogen-bond acceptors (Lipinski definition) is 12. The standard InChI is InChI=1S/C37H48O13/c1-20(6-9-23(38)10-7-21(2)44-5)17-45-28-11-8-22(29-15-27(41)35-26(40)13-24(39)14-31(35)48-29)12-25(28)30-16-32(46-19-34(42)43)36-33(49-30)18-47-37(3,4)50-36/h8,11-14,21,23,29-30,32-33,36,38-40H,1,6-7,9-10,15-19H2,2-5H3,(H,42,43)/t21-,23?,29?,30?,32?,33?,36?/m0/s1. The number of carbonyl (C=O) groups is 2. The van der Waals surface area contributed by atoms with E-state index in [-0.39, 0.29) is 60.8 Å². The molecule has 2 aromatic rings. The van der Waals surface area contributed by atoms with E-state index >= 15 is 0 Å². The van der Waals surface area contributed by atoms with Crippen molar-refractivity contribution in [1.82, 2.24) is 0 Å². The number of carbonyl (C=O) groups excluding carboxylic acids is 1. The highest BCUT2D eigenvalue weighted by molar-refractivity contribution is 6.02. The van der Waals surface area contributed by atoms with Crippen molar-refractivity contribution < 1.29 is 63.2 Å². The molecule has 4 N–H and O–H groups in total. The summed E-state index contributed by atoms with van der Waals surface area (Å²) in [5, 5.41) is 40.2. The molecule has 2 saturated heterocycles. The lowest BCUT2D eigenvalue weighted by Gasteiger charge is -2.48. The van der Waals surface area contributed by atoms with Crippen LogP contribution in [0.3, 0.4) is 0 Å². The average molecular weight is 701 g/mol. The molecule has 0 saturated carbocycles. The molecule has 2 aromatic carbocycles. The maximum atomic E-state index is 13.1. The number of fused-ring (bicyclic) bond motifs is 2. The molecule has 5 rings (SSSR count). The van der Waals surface area contributed by atoms with Crippen LogP contribution in [0.15, 0.2) is 42.5 Å². The van der Waals surface area contributed by atoms with Crippen LogP contribution in [0.1, 0.15) is 93.0 Å². The zero-order valence-electron chi connectivity index (χ0n) is 29.0. The fourth-order valence-electron chi connectivity index (χ4n) is 6.47. The second-order valence-electron chi connectivity index (χ2n) is 13.7. The van der Waals surface area contributed by atoms with Gasteiger partial charge in [0.05, 0.1) is 37.4 Å². The molecule has 0 bridgehead atoms. The number of methoxy groups -OCH3 is 1. The Hall–Kier alpha value is -3.72. The van der Waals surface area contributed by atoms with E-state index in [1.165, 1.54) is 6.07 Å². The van der Waals surface area contributed by atoms with Gasteiger partial charge >= 0.3 is 5.97 Å². The number of aliphatic carboxylic acids is 1. The Morgan fingerprint density at radius 1 is 1.10 bits per heavy atom. The highest BCUT2D eigenvalue weighted by atomic mass is 16.7. The van der Waals surface area contributed by atoms with Crippen molar-refractivity contribution in [3.8, 4) is 23.0 Å². The lowest BCUT2D eigenvalue weighted by atomic mass is 9.89. The number of benzene rings is 2. The number of phenols is 2. The molecule has 0 amide bonds. The van der Waals surface area contributed by atoms with Gasteiger partial charge in [0.1, 0.15) is 60.1 Å². The van der Waals surface area contributed by atoms with Crippen LogP contribution < -0.4 is 9.47 Å². The first-order chi connectivity index (χ1) is 23.7. The molecular weight excluding hydrogens is 652 g/mol. The van der Waals surface area contributed by atoms with Crippen molar-refractivity contribution in [2.24, 2.45) is 0 Å². The van der Waals surface area contributed by atoms with Crippen molar-refractivity contribution in [1.29, 1.82) is 0 Å². The van der Waals surface area contributed by atoms with Crippen molar-refractivity contribution >= 4 is 11.8 Å². The van der Waals surface area contributed by atoms with Gasteiger partial charge in [0.25, 0.3) is 0 Å². The summed E-state index contributed by atoms with van der Waals surface area (Å²) in [6, 6.07) is 7.72. The lowest BCUT2D eigenvalue weighted by Crippen LogP contribution is -2.58. The second kappa shape index (κ2) is 16.1. The predicted molar refractivity (Wildman–Crippen MR) is 179 cm³/mol. The second-order valence-corrected chi connectivity index (χ2v) is 13.7. The summed E-state index contributed by atoms with van der Waals surface area (Å²) in [6.45, 7) is 9.48. The maximum Gasteiger partial charge on any atom is 0.329 e. The molecule has 0 aromatic heterocycles. The van der Waals surface area contributed by atoms with E-state index in [9.17, 15) is 30.0 Å². The Kier molecular flexibility index (Phi) is 12.1. The van der Waals surface area contributed by atoms with Gasteiger partial charge in [0.15, 0.2) is 11.6 Å². The fourth-order valence-corrected chi connectivity index (χ4v) is 6.47. The number of hydrogen-bond donors (Lipinski definition) is 4. The van der Waals surface area contributed by atoms with E-state index in [4.69, 9.17) is 33.2 Å². The summed E-state index contributed by atoms with van der Waals surface area (Å²) in [5.41, 5.74) is 2.01. The van der Waals surface area contributed by atoms with Gasteiger partial charge in [-0.1, -0.05) is 12.6 Å². The highest BCUT2D eigenvalue weighted by Crippen LogP contribution is 2.45. The largest absolute Gasteiger partial charge is 0.508 e. The van der Waals surface area contributed by atoms with Crippen LogP contribution in [-0.4, -0.2) is 95.4 Å². The minimum Gasteiger partial charge on any atom is -0.508 e. The molecular formula is C37H48O13. The molecule has 50 heavy (non-hydrogen) atoms. The third-order valence-electron chi connectivity index (χ3n) is 9.26. The van der Waals surface area contributed by atoms with Gasteiger partial charge in [0.2, 0.25) is 0 Å². The number of aromatic hydroxyl groups is 2. The molecule has 0 spiro atoms. The maximum absolute atomic E-state index is 13.1. The monoisotopic (exact) mass is 700 g/mol. The van der Waals surface area contributed by atoms with E-state index in [0.717, 1.165) is 18.1 Å². The third kappa shape index (κ3) is 9.33. The molecule has 3 aliphatic heterocycles. The summed E-state index contributed by atoms with van der Waals surface area (Å²) in [4.78, 5) is 24.6. The number of Topliss-reactive ketones (excluding diaryl/α,β-unsaturated/α-hetero) is 1. The fraction of sp³-hybridized carbons (Fsp3) is 0.568. The summed E-state index contributed by atoms with van der Waals surface area (Å²) < 4.78 is 42.1. The number of carboxylic acid groups (broad SMARTS) is 1. The van der Waals surface area contributed by atoms with Crippen LogP contribution in [0.4, 0.5) is 0 Å². The van der Waals surface area contributed by atoms with E-state index in [1.54, 1.807) is 33.1 Å². The van der Waals surface area contributed by atoms with Crippen LogP contribution >= 0.6 is 0 Å².